The summed E-state index contributed by atoms with van der Waals surface area (Å²) < 4.78 is 0. The molecule has 104 valence electrons. The Balaban J connectivity index is 0.00000162. The molecule has 0 bridgehead atoms. The Morgan fingerprint density at radius 3 is 2.94 bits per heavy atom. The molecule has 0 radical (unpaired) electrons. The van der Waals surface area contributed by atoms with Crippen LogP contribution in [0.25, 0.3) is 0 Å². The molecule has 1 aromatic rings. The van der Waals surface area contributed by atoms with E-state index in [0.29, 0.717) is 12.0 Å². The van der Waals surface area contributed by atoms with Crippen molar-refractivity contribution >= 4 is 23.7 Å². The molecule has 1 aromatic heterocycles. The minimum absolute atomic E-state index is 0. The van der Waals surface area contributed by atoms with Gasteiger partial charge in [0.15, 0.2) is 0 Å². The molecule has 1 aliphatic rings. The number of nitrogens with zero attached hydrogens (tertiary/aromatic N) is 2. The van der Waals surface area contributed by atoms with Crippen molar-refractivity contribution in [3.63, 3.8) is 0 Å². The Bertz CT molecular complexity index is 354. The third-order valence-electron chi connectivity index (χ3n) is 3.41. The SMILES string of the molecule is CNC1CCCN(Cc2ncc(C(C)C)s2)C1.Cl. The van der Waals surface area contributed by atoms with Gasteiger partial charge in [-0.2, -0.15) is 0 Å². The van der Waals surface area contributed by atoms with Gasteiger partial charge in [0.25, 0.3) is 0 Å². The minimum atomic E-state index is 0. The Morgan fingerprint density at radius 2 is 2.33 bits per heavy atom. The van der Waals surface area contributed by atoms with Gasteiger partial charge in [0.1, 0.15) is 5.01 Å². The molecule has 2 heterocycles. The van der Waals surface area contributed by atoms with E-state index in [2.05, 4.69) is 36.1 Å². The Morgan fingerprint density at radius 1 is 1.56 bits per heavy atom. The summed E-state index contributed by atoms with van der Waals surface area (Å²) in [6.07, 6.45) is 4.65. The largest absolute Gasteiger partial charge is 0.316 e. The molecule has 1 N–H and O–H groups in total. The number of likely N-dealkylation sites (tertiary alicyclic amines) is 1. The van der Waals surface area contributed by atoms with Crippen LogP contribution >= 0.6 is 23.7 Å². The first-order chi connectivity index (χ1) is 8.19. The van der Waals surface area contributed by atoms with Crippen LogP contribution in [0.4, 0.5) is 0 Å². The molecule has 5 heteroatoms. The molecule has 3 nitrogen and oxygen atoms in total. The number of likely N-dealkylation sites (N-methyl/N-ethyl adjacent to an activating group) is 1. The predicted octanol–water partition coefficient (Wildman–Crippen LogP) is 2.87. The Labute approximate surface area is 120 Å². The van der Waals surface area contributed by atoms with Crippen LogP contribution < -0.4 is 5.32 Å². The molecule has 1 unspecified atom stereocenters. The number of halogens is 1. The molecule has 1 atom stereocenters. The van der Waals surface area contributed by atoms with Crippen molar-refractivity contribution in [2.24, 2.45) is 0 Å². The van der Waals surface area contributed by atoms with E-state index in [1.165, 1.54) is 29.3 Å². The summed E-state index contributed by atoms with van der Waals surface area (Å²) in [4.78, 5) is 8.47. The fourth-order valence-corrected chi connectivity index (χ4v) is 3.26. The van der Waals surface area contributed by atoms with E-state index >= 15 is 0 Å². The predicted molar refractivity (Wildman–Crippen MR) is 80.8 cm³/mol. The quantitative estimate of drug-likeness (QED) is 0.924. The molecule has 0 saturated carbocycles. The van der Waals surface area contributed by atoms with Gasteiger partial charge in [-0.15, -0.1) is 23.7 Å². The third-order valence-corrected chi connectivity index (χ3v) is 4.70. The zero-order valence-electron chi connectivity index (χ0n) is 11.5. The molecule has 0 aromatic carbocycles. The number of aromatic nitrogens is 1. The average molecular weight is 290 g/mol. The fourth-order valence-electron chi connectivity index (χ4n) is 2.29. The van der Waals surface area contributed by atoms with E-state index in [0.717, 1.165) is 13.1 Å². The number of hydrogen-bond acceptors (Lipinski definition) is 4. The van der Waals surface area contributed by atoms with Gasteiger partial charge in [-0.1, -0.05) is 13.8 Å². The molecular formula is C13H24ClN3S. The monoisotopic (exact) mass is 289 g/mol. The molecule has 1 fully saturated rings. The van der Waals surface area contributed by atoms with Crippen LogP contribution in [0, 0.1) is 0 Å². The van der Waals surface area contributed by atoms with Crippen molar-refractivity contribution in [1.29, 1.82) is 0 Å². The maximum Gasteiger partial charge on any atom is 0.107 e. The maximum atomic E-state index is 4.54. The zero-order chi connectivity index (χ0) is 12.3. The second-order valence-electron chi connectivity index (χ2n) is 5.17. The molecule has 18 heavy (non-hydrogen) atoms. The highest BCUT2D eigenvalue weighted by Crippen LogP contribution is 2.23. The standard InChI is InChI=1S/C13H23N3S.ClH/c1-10(2)12-7-15-13(17-12)9-16-6-4-5-11(8-16)14-3;/h7,10-11,14H,4-6,8-9H2,1-3H3;1H. The van der Waals surface area contributed by atoms with E-state index in [-0.39, 0.29) is 12.4 Å². The number of thiazole rings is 1. The molecule has 1 aliphatic heterocycles. The minimum Gasteiger partial charge on any atom is -0.316 e. The van der Waals surface area contributed by atoms with Crippen LogP contribution in [-0.2, 0) is 6.54 Å². The topological polar surface area (TPSA) is 28.2 Å². The molecule has 0 spiro atoms. The molecule has 2 rings (SSSR count). The van der Waals surface area contributed by atoms with Crippen LogP contribution in [0.3, 0.4) is 0 Å². The van der Waals surface area contributed by atoms with Gasteiger partial charge in [-0.05, 0) is 32.4 Å². The Kier molecular flexibility index (Phi) is 6.57. The number of hydrogen-bond donors (Lipinski definition) is 1. The molecule has 0 amide bonds. The summed E-state index contributed by atoms with van der Waals surface area (Å²) >= 11 is 1.87. The van der Waals surface area contributed by atoms with Crippen molar-refractivity contribution in [2.45, 2.75) is 45.2 Å². The average Bonchev–Trinajstić information content (AvgIpc) is 2.78. The van der Waals surface area contributed by atoms with Gasteiger partial charge < -0.3 is 5.32 Å². The van der Waals surface area contributed by atoms with E-state index in [9.17, 15) is 0 Å². The summed E-state index contributed by atoms with van der Waals surface area (Å²) in [5, 5.41) is 4.65. The van der Waals surface area contributed by atoms with E-state index in [4.69, 9.17) is 0 Å². The third kappa shape index (κ3) is 4.19. The lowest BCUT2D eigenvalue weighted by Crippen LogP contribution is -2.43. The van der Waals surface area contributed by atoms with Gasteiger partial charge in [-0.25, -0.2) is 4.98 Å². The maximum absolute atomic E-state index is 4.54. The first-order valence-corrected chi connectivity index (χ1v) is 7.35. The summed E-state index contributed by atoms with van der Waals surface area (Å²) in [6, 6.07) is 0.660. The van der Waals surface area contributed by atoms with Crippen LogP contribution in [0.1, 0.15) is 42.5 Å². The van der Waals surface area contributed by atoms with Crippen LogP contribution in [0.5, 0.6) is 0 Å². The summed E-state index contributed by atoms with van der Waals surface area (Å²) in [5.41, 5.74) is 0. The normalized spacial score (nSPS) is 21.0. The Hall–Kier alpha value is -0.160. The van der Waals surface area contributed by atoms with E-state index < -0.39 is 0 Å². The van der Waals surface area contributed by atoms with E-state index in [1.807, 2.05) is 17.5 Å². The molecule has 1 saturated heterocycles. The lowest BCUT2D eigenvalue weighted by atomic mass is 10.1. The second-order valence-corrected chi connectivity index (χ2v) is 6.32. The van der Waals surface area contributed by atoms with Gasteiger partial charge in [0, 0.05) is 23.7 Å². The lowest BCUT2D eigenvalue weighted by Gasteiger charge is -2.31. The lowest BCUT2D eigenvalue weighted by molar-refractivity contribution is 0.188. The highest BCUT2D eigenvalue weighted by atomic mass is 35.5. The second kappa shape index (κ2) is 7.43. The first kappa shape index (κ1) is 15.9. The van der Waals surface area contributed by atoms with Gasteiger partial charge in [0.05, 0.1) is 6.54 Å². The van der Waals surface area contributed by atoms with Crippen molar-refractivity contribution in [3.8, 4) is 0 Å². The van der Waals surface area contributed by atoms with Crippen molar-refractivity contribution in [3.05, 3.63) is 16.1 Å². The first-order valence-electron chi connectivity index (χ1n) is 6.53. The van der Waals surface area contributed by atoms with Crippen LogP contribution in [-0.4, -0.2) is 36.1 Å². The van der Waals surface area contributed by atoms with Crippen LogP contribution in [0.2, 0.25) is 0 Å². The fraction of sp³-hybridized carbons (Fsp3) is 0.769. The number of rotatable bonds is 4. The van der Waals surface area contributed by atoms with Crippen molar-refractivity contribution in [1.82, 2.24) is 15.2 Å². The van der Waals surface area contributed by atoms with E-state index in [1.54, 1.807) is 0 Å². The van der Waals surface area contributed by atoms with Crippen LogP contribution in [0.15, 0.2) is 6.20 Å². The van der Waals surface area contributed by atoms with Crippen molar-refractivity contribution in [2.75, 3.05) is 20.1 Å². The van der Waals surface area contributed by atoms with Crippen molar-refractivity contribution < 1.29 is 0 Å². The summed E-state index contributed by atoms with van der Waals surface area (Å²) in [5.74, 6) is 0.604. The summed E-state index contributed by atoms with van der Waals surface area (Å²) in [6.45, 7) is 7.86. The molecular weight excluding hydrogens is 266 g/mol. The highest BCUT2D eigenvalue weighted by molar-refractivity contribution is 7.11. The summed E-state index contributed by atoms with van der Waals surface area (Å²) in [7, 11) is 2.06. The van der Waals surface area contributed by atoms with Gasteiger partial charge >= 0.3 is 0 Å². The number of nitrogens with one attached hydrogen (secondary N) is 1. The van der Waals surface area contributed by atoms with Gasteiger partial charge in [-0.3, -0.25) is 4.90 Å². The molecule has 0 aliphatic carbocycles. The smallest absolute Gasteiger partial charge is 0.107 e. The number of piperidine rings is 1. The van der Waals surface area contributed by atoms with Gasteiger partial charge in [0.2, 0.25) is 0 Å². The highest BCUT2D eigenvalue weighted by Gasteiger charge is 2.19. The zero-order valence-corrected chi connectivity index (χ0v) is 13.1.